The molecule has 0 amide bonds. The number of morpholine rings is 1. The molecule has 1 saturated heterocycles. The number of ether oxygens (including phenoxy) is 1. The van der Waals surface area contributed by atoms with E-state index in [4.69, 9.17) is 4.74 Å². The van der Waals surface area contributed by atoms with Crippen molar-refractivity contribution in [3.05, 3.63) is 36.8 Å². The molecule has 4 rings (SSSR count). The van der Waals surface area contributed by atoms with Crippen molar-refractivity contribution in [2.24, 2.45) is 7.05 Å². The number of aromatic nitrogens is 5. The normalized spacial score (nSPS) is 21.7. The first-order chi connectivity index (χ1) is 12.3. The summed E-state index contributed by atoms with van der Waals surface area (Å²) in [6.07, 6.45) is 7.26. The van der Waals surface area contributed by atoms with Crippen LogP contribution in [0.25, 0.3) is 11.0 Å². The van der Waals surface area contributed by atoms with Gasteiger partial charge in [0.2, 0.25) is 0 Å². The van der Waals surface area contributed by atoms with Gasteiger partial charge in [0, 0.05) is 38.7 Å². The van der Waals surface area contributed by atoms with Gasteiger partial charge in [-0.1, -0.05) is 6.92 Å². The lowest BCUT2D eigenvalue weighted by atomic mass is 10.1. The highest BCUT2D eigenvalue weighted by molar-refractivity contribution is 5.86. The SMILES string of the molecule is CCN1CCO[C@@H](CNc2ncnc3[nH]ccc23)[C@@H]1c1nccn1C. The van der Waals surface area contributed by atoms with Crippen LogP contribution in [0.5, 0.6) is 0 Å². The molecule has 0 aliphatic carbocycles. The predicted molar refractivity (Wildman–Crippen MR) is 95.3 cm³/mol. The maximum absolute atomic E-state index is 6.11. The number of imidazole rings is 1. The summed E-state index contributed by atoms with van der Waals surface area (Å²) < 4.78 is 8.18. The zero-order valence-corrected chi connectivity index (χ0v) is 14.5. The molecule has 2 N–H and O–H groups in total. The lowest BCUT2D eigenvalue weighted by molar-refractivity contribution is -0.0675. The van der Waals surface area contributed by atoms with E-state index in [0.29, 0.717) is 6.54 Å². The average molecular weight is 341 g/mol. The van der Waals surface area contributed by atoms with Crippen LogP contribution in [0, 0.1) is 0 Å². The van der Waals surface area contributed by atoms with E-state index >= 15 is 0 Å². The molecule has 3 aromatic rings. The Kier molecular flexibility index (Phi) is 4.37. The quantitative estimate of drug-likeness (QED) is 0.733. The molecule has 8 heteroatoms. The number of fused-ring (bicyclic) bond motifs is 1. The van der Waals surface area contributed by atoms with Gasteiger partial charge in [0.25, 0.3) is 0 Å². The van der Waals surface area contributed by atoms with E-state index < -0.39 is 0 Å². The van der Waals surface area contributed by atoms with Crippen LogP contribution in [-0.4, -0.2) is 61.7 Å². The summed E-state index contributed by atoms with van der Waals surface area (Å²) in [7, 11) is 2.03. The molecule has 0 unspecified atom stereocenters. The molecule has 25 heavy (non-hydrogen) atoms. The Hall–Kier alpha value is -2.45. The van der Waals surface area contributed by atoms with Crippen LogP contribution in [0.1, 0.15) is 18.8 Å². The molecule has 1 fully saturated rings. The average Bonchev–Trinajstić information content (AvgIpc) is 3.28. The smallest absolute Gasteiger partial charge is 0.142 e. The zero-order valence-electron chi connectivity index (χ0n) is 14.5. The summed E-state index contributed by atoms with van der Waals surface area (Å²) in [5.74, 6) is 1.85. The van der Waals surface area contributed by atoms with Crippen LogP contribution in [0.3, 0.4) is 0 Å². The number of aryl methyl sites for hydroxylation is 1. The molecule has 132 valence electrons. The Labute approximate surface area is 146 Å². The molecular weight excluding hydrogens is 318 g/mol. The van der Waals surface area contributed by atoms with Crippen molar-refractivity contribution in [2.75, 3.05) is 31.6 Å². The summed E-state index contributed by atoms with van der Waals surface area (Å²) in [5, 5.41) is 4.43. The van der Waals surface area contributed by atoms with E-state index in [0.717, 1.165) is 42.4 Å². The zero-order chi connectivity index (χ0) is 17.2. The largest absolute Gasteiger partial charge is 0.373 e. The van der Waals surface area contributed by atoms with Crippen molar-refractivity contribution in [1.29, 1.82) is 0 Å². The summed E-state index contributed by atoms with van der Waals surface area (Å²) >= 11 is 0. The minimum absolute atomic E-state index is 0.00115. The Morgan fingerprint density at radius 3 is 3.08 bits per heavy atom. The van der Waals surface area contributed by atoms with Crippen molar-refractivity contribution in [3.63, 3.8) is 0 Å². The minimum Gasteiger partial charge on any atom is -0.373 e. The summed E-state index contributed by atoms with van der Waals surface area (Å²) in [6.45, 7) is 5.45. The van der Waals surface area contributed by atoms with Crippen molar-refractivity contribution < 1.29 is 4.74 Å². The number of rotatable bonds is 5. The lowest BCUT2D eigenvalue weighted by Gasteiger charge is -2.40. The monoisotopic (exact) mass is 341 g/mol. The number of likely N-dealkylation sites (N-methyl/N-ethyl adjacent to an activating group) is 1. The molecular formula is C17H23N7O. The van der Waals surface area contributed by atoms with Crippen LogP contribution >= 0.6 is 0 Å². The predicted octanol–water partition coefficient (Wildman–Crippen LogP) is 1.57. The van der Waals surface area contributed by atoms with Gasteiger partial charge in [-0.3, -0.25) is 4.90 Å². The molecule has 1 aliphatic heterocycles. The van der Waals surface area contributed by atoms with Crippen LogP contribution < -0.4 is 5.32 Å². The van der Waals surface area contributed by atoms with Gasteiger partial charge in [-0.05, 0) is 12.6 Å². The standard InChI is InChI=1S/C17H23N7O/c1-3-24-8-9-25-13(14(24)17-19-6-7-23(17)2)10-20-16-12-4-5-18-15(12)21-11-22-16/h4-7,11,13-14H,3,8-10H2,1-2H3,(H2,18,20,21,22)/t13-,14+/m0/s1. The van der Waals surface area contributed by atoms with Crippen molar-refractivity contribution in [1.82, 2.24) is 29.4 Å². The second-order valence-electron chi connectivity index (χ2n) is 6.22. The van der Waals surface area contributed by atoms with Gasteiger partial charge in [-0.2, -0.15) is 0 Å². The maximum atomic E-state index is 6.11. The Morgan fingerprint density at radius 2 is 2.28 bits per heavy atom. The van der Waals surface area contributed by atoms with Crippen molar-refractivity contribution in [3.8, 4) is 0 Å². The van der Waals surface area contributed by atoms with Gasteiger partial charge in [0.1, 0.15) is 23.6 Å². The second kappa shape index (κ2) is 6.81. The molecule has 3 aromatic heterocycles. The third kappa shape index (κ3) is 2.98. The van der Waals surface area contributed by atoms with Crippen molar-refractivity contribution >= 4 is 16.9 Å². The van der Waals surface area contributed by atoms with E-state index in [1.165, 1.54) is 0 Å². The molecule has 0 radical (unpaired) electrons. The van der Waals surface area contributed by atoms with E-state index in [1.807, 2.05) is 31.7 Å². The fraction of sp³-hybridized carbons (Fsp3) is 0.471. The van der Waals surface area contributed by atoms with E-state index in [-0.39, 0.29) is 12.1 Å². The fourth-order valence-corrected chi connectivity index (χ4v) is 3.51. The van der Waals surface area contributed by atoms with E-state index in [2.05, 4.69) is 41.6 Å². The van der Waals surface area contributed by atoms with Gasteiger partial charge < -0.3 is 19.6 Å². The van der Waals surface area contributed by atoms with Crippen LogP contribution in [0.2, 0.25) is 0 Å². The summed E-state index contributed by atoms with van der Waals surface area (Å²) in [4.78, 5) is 18.7. The topological polar surface area (TPSA) is 83.9 Å². The second-order valence-corrected chi connectivity index (χ2v) is 6.22. The highest BCUT2D eigenvalue weighted by Gasteiger charge is 2.35. The lowest BCUT2D eigenvalue weighted by Crippen LogP contribution is -2.48. The Morgan fingerprint density at radius 1 is 1.36 bits per heavy atom. The molecule has 1 aliphatic rings. The van der Waals surface area contributed by atoms with Gasteiger partial charge in [-0.25, -0.2) is 15.0 Å². The third-order valence-electron chi connectivity index (χ3n) is 4.81. The van der Waals surface area contributed by atoms with Gasteiger partial charge >= 0.3 is 0 Å². The number of hydrogen-bond acceptors (Lipinski definition) is 6. The van der Waals surface area contributed by atoms with Gasteiger partial charge in [0.15, 0.2) is 0 Å². The molecule has 2 atom stereocenters. The number of nitrogens with one attached hydrogen (secondary N) is 2. The van der Waals surface area contributed by atoms with Crippen LogP contribution in [0.15, 0.2) is 31.0 Å². The highest BCUT2D eigenvalue weighted by atomic mass is 16.5. The third-order valence-corrected chi connectivity index (χ3v) is 4.81. The molecule has 0 bridgehead atoms. The summed E-state index contributed by atoms with van der Waals surface area (Å²) in [6, 6.07) is 2.10. The number of H-pyrrole nitrogens is 1. The number of nitrogens with zero attached hydrogens (tertiary/aromatic N) is 5. The molecule has 4 heterocycles. The fourth-order valence-electron chi connectivity index (χ4n) is 3.51. The molecule has 0 aromatic carbocycles. The molecule has 0 saturated carbocycles. The minimum atomic E-state index is -0.00115. The molecule has 0 spiro atoms. The number of anilines is 1. The Bertz CT molecular complexity index is 842. The maximum Gasteiger partial charge on any atom is 0.142 e. The summed E-state index contributed by atoms with van der Waals surface area (Å²) in [5.41, 5.74) is 0.831. The number of aromatic amines is 1. The first-order valence-electron chi connectivity index (χ1n) is 8.62. The van der Waals surface area contributed by atoms with Crippen molar-refractivity contribution in [2.45, 2.75) is 19.1 Å². The van der Waals surface area contributed by atoms with Gasteiger partial charge in [-0.15, -0.1) is 0 Å². The highest BCUT2D eigenvalue weighted by Crippen LogP contribution is 2.29. The Balaban J connectivity index is 1.57. The van der Waals surface area contributed by atoms with Gasteiger partial charge in [0.05, 0.1) is 24.1 Å². The molecule has 8 nitrogen and oxygen atoms in total. The number of hydrogen-bond donors (Lipinski definition) is 2. The first kappa shape index (κ1) is 16.0. The van der Waals surface area contributed by atoms with Crippen LogP contribution in [-0.2, 0) is 11.8 Å². The van der Waals surface area contributed by atoms with E-state index in [1.54, 1.807) is 6.33 Å². The van der Waals surface area contributed by atoms with E-state index in [9.17, 15) is 0 Å². The van der Waals surface area contributed by atoms with Crippen LogP contribution in [0.4, 0.5) is 5.82 Å². The first-order valence-corrected chi connectivity index (χ1v) is 8.62.